The fraction of sp³-hybridized carbons (Fsp3) is 0.148. The number of phenols is 1. The van der Waals surface area contributed by atoms with Gasteiger partial charge in [-0.2, -0.15) is 0 Å². The topological polar surface area (TPSA) is 150 Å². The van der Waals surface area contributed by atoms with Gasteiger partial charge < -0.3 is 21.3 Å². The van der Waals surface area contributed by atoms with Crippen molar-refractivity contribution in [1.29, 1.82) is 0 Å². The van der Waals surface area contributed by atoms with Crippen LogP contribution in [0.3, 0.4) is 0 Å². The van der Waals surface area contributed by atoms with Crippen molar-refractivity contribution in [3.8, 4) is 16.9 Å². The highest BCUT2D eigenvalue weighted by molar-refractivity contribution is 8.26. The molecular formula is C27H21F2N3O6S3. The maximum absolute atomic E-state index is 13.7. The molecule has 0 spiro atoms. The van der Waals surface area contributed by atoms with Gasteiger partial charge in [0.2, 0.25) is 11.8 Å². The Kier molecular flexibility index (Phi) is 9.15. The van der Waals surface area contributed by atoms with Gasteiger partial charge in [0, 0.05) is 35.5 Å². The molecule has 4 rings (SSSR count). The fourth-order valence-electron chi connectivity index (χ4n) is 4.03. The minimum atomic E-state index is -1.34. The minimum Gasteiger partial charge on any atom is -0.507 e. The van der Waals surface area contributed by atoms with Crippen molar-refractivity contribution in [2.24, 2.45) is 5.73 Å². The van der Waals surface area contributed by atoms with E-state index in [1.807, 2.05) is 0 Å². The average Bonchev–Trinajstić information content (AvgIpc) is 3.47. The molecule has 1 aliphatic rings. The standard InChI is InChI=1S/C27H21F2N3O6S3/c28-19-5-1-13(8-20(19)29)14-7-17(40-12-14)11-22-25(36)32(27(39)41-22)16(3-6-23(30)34)10-24(35)31-15-2-4-18(26(37)38)21(33)9-15/h1-2,4-5,7-9,11-12,16,33H,3,6,10H2,(H2,30,34)(H,31,35)(H,37,38)/t16-/m0/s1. The zero-order chi connectivity index (χ0) is 29.8. The van der Waals surface area contributed by atoms with E-state index in [0.717, 1.165) is 36.0 Å². The number of thioether (sulfide) groups is 1. The maximum atomic E-state index is 13.7. The van der Waals surface area contributed by atoms with E-state index in [2.05, 4.69) is 5.32 Å². The van der Waals surface area contributed by atoms with Crippen molar-refractivity contribution >= 4 is 75.1 Å². The van der Waals surface area contributed by atoms with Crippen LogP contribution < -0.4 is 11.1 Å². The highest BCUT2D eigenvalue weighted by Crippen LogP contribution is 2.37. The Hall–Kier alpha value is -4.14. The minimum absolute atomic E-state index is 0.0466. The number of rotatable bonds is 10. The van der Waals surface area contributed by atoms with Crippen molar-refractivity contribution in [3.05, 3.63) is 74.8 Å². The van der Waals surface area contributed by atoms with Crippen LogP contribution in [-0.4, -0.2) is 49.2 Å². The van der Waals surface area contributed by atoms with Gasteiger partial charge in [-0.1, -0.05) is 30.0 Å². The molecule has 212 valence electrons. The van der Waals surface area contributed by atoms with Gasteiger partial charge in [-0.3, -0.25) is 19.3 Å². The van der Waals surface area contributed by atoms with Gasteiger partial charge in [0.05, 0.1) is 4.91 Å². The summed E-state index contributed by atoms with van der Waals surface area (Å²) in [5.41, 5.74) is 6.20. The van der Waals surface area contributed by atoms with Crippen LogP contribution in [0.25, 0.3) is 17.2 Å². The summed E-state index contributed by atoms with van der Waals surface area (Å²) >= 11 is 7.73. The number of aromatic hydroxyl groups is 1. The summed E-state index contributed by atoms with van der Waals surface area (Å²) in [6.07, 6.45) is 1.26. The van der Waals surface area contributed by atoms with Crippen LogP contribution in [-0.2, 0) is 14.4 Å². The quantitative estimate of drug-likeness (QED) is 0.184. The first-order valence-electron chi connectivity index (χ1n) is 11.9. The predicted octanol–water partition coefficient (Wildman–Crippen LogP) is 4.96. The molecule has 5 N–H and O–H groups in total. The second-order valence-electron chi connectivity index (χ2n) is 8.87. The van der Waals surface area contributed by atoms with Gasteiger partial charge in [0.1, 0.15) is 15.6 Å². The molecule has 9 nitrogen and oxygen atoms in total. The summed E-state index contributed by atoms with van der Waals surface area (Å²) < 4.78 is 27.1. The predicted molar refractivity (Wildman–Crippen MR) is 155 cm³/mol. The molecule has 14 heteroatoms. The number of carbonyl (C=O) groups excluding carboxylic acids is 3. The first-order chi connectivity index (χ1) is 19.4. The smallest absolute Gasteiger partial charge is 0.339 e. The van der Waals surface area contributed by atoms with Crippen LogP contribution in [0.15, 0.2) is 52.7 Å². The lowest BCUT2D eigenvalue weighted by molar-refractivity contribution is -0.126. The van der Waals surface area contributed by atoms with E-state index in [-0.39, 0.29) is 39.7 Å². The monoisotopic (exact) mass is 617 g/mol. The molecule has 41 heavy (non-hydrogen) atoms. The van der Waals surface area contributed by atoms with Gasteiger partial charge in [-0.05, 0) is 59.3 Å². The van der Waals surface area contributed by atoms with E-state index in [9.17, 15) is 33.1 Å². The zero-order valence-corrected chi connectivity index (χ0v) is 23.4. The van der Waals surface area contributed by atoms with Crippen LogP contribution >= 0.6 is 35.3 Å². The summed E-state index contributed by atoms with van der Waals surface area (Å²) in [6.45, 7) is 0. The molecule has 3 aromatic rings. The average molecular weight is 618 g/mol. The van der Waals surface area contributed by atoms with E-state index in [4.69, 9.17) is 23.1 Å². The molecule has 0 aliphatic carbocycles. The van der Waals surface area contributed by atoms with E-state index >= 15 is 0 Å². The highest BCUT2D eigenvalue weighted by atomic mass is 32.2. The first-order valence-corrected chi connectivity index (χ1v) is 14.0. The molecule has 1 saturated heterocycles. The Balaban J connectivity index is 1.51. The van der Waals surface area contributed by atoms with E-state index in [1.165, 1.54) is 28.4 Å². The third kappa shape index (κ3) is 7.14. The first kappa shape index (κ1) is 29.8. The summed E-state index contributed by atoms with van der Waals surface area (Å²) in [5.74, 6) is -5.49. The number of anilines is 1. The molecule has 3 amide bonds. The van der Waals surface area contributed by atoms with E-state index < -0.39 is 47.1 Å². The molecule has 2 heterocycles. The highest BCUT2D eigenvalue weighted by Gasteiger charge is 2.38. The van der Waals surface area contributed by atoms with Gasteiger partial charge in [-0.25, -0.2) is 13.6 Å². The molecular weight excluding hydrogens is 597 g/mol. The Morgan fingerprint density at radius 3 is 2.51 bits per heavy atom. The molecule has 0 saturated carbocycles. The number of nitrogens with one attached hydrogen (secondary N) is 1. The number of benzene rings is 2. The molecule has 1 aromatic heterocycles. The van der Waals surface area contributed by atoms with Crippen molar-refractivity contribution in [2.75, 3.05) is 5.32 Å². The second kappa shape index (κ2) is 12.6. The number of halogens is 2. The van der Waals surface area contributed by atoms with Crippen LogP contribution in [0.5, 0.6) is 5.75 Å². The lowest BCUT2D eigenvalue weighted by Gasteiger charge is -2.26. The number of carboxylic acid groups (broad SMARTS) is 1. The van der Waals surface area contributed by atoms with Crippen LogP contribution in [0.4, 0.5) is 14.5 Å². The molecule has 0 unspecified atom stereocenters. The number of thiophene rings is 1. The number of hydrogen-bond donors (Lipinski definition) is 4. The fourth-order valence-corrected chi connectivity index (χ4v) is 6.34. The SMILES string of the molecule is NC(=O)CC[C@@H](CC(=O)Nc1ccc(C(=O)O)c(O)c1)N1C(=O)C(=Cc2cc(-c3ccc(F)c(F)c3)cs2)SC1=S. The van der Waals surface area contributed by atoms with Gasteiger partial charge >= 0.3 is 5.97 Å². The van der Waals surface area contributed by atoms with Gasteiger partial charge in [-0.15, -0.1) is 11.3 Å². The molecule has 0 bridgehead atoms. The Morgan fingerprint density at radius 2 is 1.85 bits per heavy atom. The Labute approximate surface area is 245 Å². The number of aromatic carboxylic acids is 1. The van der Waals surface area contributed by atoms with Crippen molar-refractivity contribution < 1.29 is 38.2 Å². The summed E-state index contributed by atoms with van der Waals surface area (Å²) in [7, 11) is 0. The molecule has 1 fully saturated rings. The third-order valence-electron chi connectivity index (χ3n) is 5.99. The number of nitrogens with two attached hydrogens (primary N) is 1. The zero-order valence-electron chi connectivity index (χ0n) is 20.9. The van der Waals surface area contributed by atoms with E-state index in [0.29, 0.717) is 16.0 Å². The normalized spacial score (nSPS) is 14.9. The number of nitrogens with zero attached hydrogens (tertiary/aromatic N) is 1. The molecule has 1 atom stereocenters. The van der Waals surface area contributed by atoms with Crippen molar-refractivity contribution in [2.45, 2.75) is 25.3 Å². The number of primary amides is 1. The van der Waals surface area contributed by atoms with Crippen LogP contribution in [0.1, 0.15) is 34.5 Å². The Morgan fingerprint density at radius 1 is 1.10 bits per heavy atom. The van der Waals surface area contributed by atoms with Crippen LogP contribution in [0.2, 0.25) is 0 Å². The lowest BCUT2D eigenvalue weighted by atomic mass is 10.0. The van der Waals surface area contributed by atoms with Gasteiger partial charge in [0.25, 0.3) is 5.91 Å². The summed E-state index contributed by atoms with van der Waals surface area (Å²) in [4.78, 5) is 51.0. The number of amides is 3. The number of carbonyl (C=O) groups is 4. The Bertz CT molecular complexity index is 1610. The number of thiocarbonyl (C=S) groups is 1. The van der Waals surface area contributed by atoms with Crippen molar-refractivity contribution in [1.82, 2.24) is 4.90 Å². The molecule has 2 aromatic carbocycles. The van der Waals surface area contributed by atoms with Gasteiger partial charge in [0.15, 0.2) is 11.6 Å². The second-order valence-corrected chi connectivity index (χ2v) is 11.5. The molecule has 1 aliphatic heterocycles. The largest absolute Gasteiger partial charge is 0.507 e. The summed E-state index contributed by atoms with van der Waals surface area (Å²) in [5, 5.41) is 23.2. The van der Waals surface area contributed by atoms with Crippen LogP contribution in [0, 0.1) is 11.6 Å². The lowest BCUT2D eigenvalue weighted by Crippen LogP contribution is -2.41. The maximum Gasteiger partial charge on any atom is 0.339 e. The number of hydrogen-bond acceptors (Lipinski definition) is 8. The number of carboxylic acids is 1. The van der Waals surface area contributed by atoms with Crippen molar-refractivity contribution in [3.63, 3.8) is 0 Å². The van der Waals surface area contributed by atoms with E-state index in [1.54, 1.807) is 17.5 Å². The third-order valence-corrected chi connectivity index (χ3v) is 8.20. The molecule has 0 radical (unpaired) electrons. The summed E-state index contributed by atoms with van der Waals surface area (Å²) in [6, 6.07) is 7.96.